The largest absolute Gasteiger partial charge is 0.271 e. The second kappa shape index (κ2) is 6.61. The summed E-state index contributed by atoms with van der Waals surface area (Å²) < 4.78 is 1.56. The highest BCUT2D eigenvalue weighted by molar-refractivity contribution is 6.00. The number of hydrogen-bond acceptors (Lipinski definition) is 5. The molecule has 23 heavy (non-hydrogen) atoms. The van der Waals surface area contributed by atoms with Gasteiger partial charge in [-0.1, -0.05) is 30.3 Å². The number of hydrazone groups is 1. The summed E-state index contributed by atoms with van der Waals surface area (Å²) in [4.78, 5) is 11.9. The maximum Gasteiger partial charge on any atom is 0.271 e. The van der Waals surface area contributed by atoms with Crippen molar-refractivity contribution in [2.24, 2.45) is 5.10 Å². The van der Waals surface area contributed by atoms with Crippen LogP contribution in [0.5, 0.6) is 0 Å². The van der Waals surface area contributed by atoms with Crippen molar-refractivity contribution < 1.29 is 4.79 Å². The highest BCUT2D eigenvalue weighted by atomic mass is 16.2. The summed E-state index contributed by atoms with van der Waals surface area (Å²) in [5, 5.41) is 15.1. The Balaban J connectivity index is 1.70. The van der Waals surface area contributed by atoms with Gasteiger partial charge in [0.1, 0.15) is 6.33 Å². The fraction of sp³-hybridized carbons (Fsp3) is 0.0625. The number of amides is 1. The first kappa shape index (κ1) is 14.6. The maximum atomic E-state index is 11.9. The molecule has 3 aromatic rings. The first-order valence-electron chi connectivity index (χ1n) is 6.97. The van der Waals surface area contributed by atoms with Gasteiger partial charge in [0.15, 0.2) is 0 Å². The van der Waals surface area contributed by atoms with Gasteiger partial charge in [0.05, 0.1) is 11.4 Å². The first-order chi connectivity index (χ1) is 11.2. The van der Waals surface area contributed by atoms with Gasteiger partial charge in [-0.25, -0.2) is 10.1 Å². The van der Waals surface area contributed by atoms with Crippen LogP contribution in [0.25, 0.3) is 5.69 Å². The summed E-state index contributed by atoms with van der Waals surface area (Å²) in [6.45, 7) is 1.83. The van der Waals surface area contributed by atoms with E-state index in [0.717, 1.165) is 11.3 Å². The zero-order valence-electron chi connectivity index (χ0n) is 12.4. The van der Waals surface area contributed by atoms with Crippen LogP contribution in [-0.4, -0.2) is 31.8 Å². The normalized spacial score (nSPS) is 11.3. The van der Waals surface area contributed by atoms with Crippen LogP contribution in [0.3, 0.4) is 0 Å². The quantitative estimate of drug-likeness (QED) is 0.588. The molecule has 2 aromatic carbocycles. The Hall–Kier alpha value is -3.35. The minimum atomic E-state index is -0.240. The number of hydrogen-bond donors (Lipinski definition) is 1. The van der Waals surface area contributed by atoms with Crippen LogP contribution in [-0.2, 0) is 0 Å². The lowest BCUT2D eigenvalue weighted by molar-refractivity contribution is 0.0955. The number of nitrogens with zero attached hydrogens (tertiary/aromatic N) is 5. The van der Waals surface area contributed by atoms with E-state index < -0.39 is 0 Å². The fourth-order valence-corrected chi connectivity index (χ4v) is 1.99. The van der Waals surface area contributed by atoms with Crippen LogP contribution < -0.4 is 5.43 Å². The molecule has 0 fully saturated rings. The molecule has 0 aliphatic heterocycles. The Kier molecular flexibility index (Phi) is 4.19. The second-order valence-electron chi connectivity index (χ2n) is 4.81. The van der Waals surface area contributed by atoms with Crippen molar-refractivity contribution in [2.45, 2.75) is 6.92 Å². The third-order valence-electron chi connectivity index (χ3n) is 3.26. The maximum absolute atomic E-state index is 11.9. The topological polar surface area (TPSA) is 85.1 Å². The Labute approximate surface area is 132 Å². The van der Waals surface area contributed by atoms with E-state index in [4.69, 9.17) is 0 Å². The van der Waals surface area contributed by atoms with E-state index in [-0.39, 0.29) is 5.91 Å². The highest BCUT2D eigenvalue weighted by Gasteiger charge is 2.04. The third-order valence-corrected chi connectivity index (χ3v) is 3.26. The molecule has 0 radical (unpaired) electrons. The Morgan fingerprint density at radius 1 is 1.04 bits per heavy atom. The number of aromatic nitrogens is 4. The van der Waals surface area contributed by atoms with Crippen LogP contribution in [0, 0.1) is 0 Å². The molecule has 0 atom stereocenters. The third kappa shape index (κ3) is 3.46. The molecular formula is C16H14N6O. The molecule has 1 aromatic heterocycles. The van der Waals surface area contributed by atoms with Crippen molar-refractivity contribution >= 4 is 11.6 Å². The molecule has 0 spiro atoms. The number of carbonyl (C=O) groups excluding carboxylic acids is 1. The van der Waals surface area contributed by atoms with Crippen molar-refractivity contribution in [3.05, 3.63) is 72.1 Å². The molecule has 3 rings (SSSR count). The minimum Gasteiger partial charge on any atom is -0.267 e. The van der Waals surface area contributed by atoms with Gasteiger partial charge < -0.3 is 0 Å². The van der Waals surface area contributed by atoms with Crippen LogP contribution in [0.4, 0.5) is 0 Å². The van der Waals surface area contributed by atoms with Crippen molar-refractivity contribution in [3.63, 3.8) is 0 Å². The van der Waals surface area contributed by atoms with Crippen molar-refractivity contribution in [3.8, 4) is 5.69 Å². The number of carbonyl (C=O) groups is 1. The SMILES string of the molecule is C/C(=N\NC(=O)c1ccccc1)c1ccc(-n2cnnn2)cc1. The zero-order chi connectivity index (χ0) is 16.1. The van der Waals surface area contributed by atoms with Crippen LogP contribution in [0.2, 0.25) is 0 Å². The van der Waals surface area contributed by atoms with Gasteiger partial charge in [-0.15, -0.1) is 5.10 Å². The Morgan fingerprint density at radius 2 is 1.78 bits per heavy atom. The molecule has 0 aliphatic carbocycles. The summed E-state index contributed by atoms with van der Waals surface area (Å²) in [5.41, 5.74) is 5.57. The van der Waals surface area contributed by atoms with E-state index in [1.54, 1.807) is 16.8 Å². The van der Waals surface area contributed by atoms with Crippen molar-refractivity contribution in [2.75, 3.05) is 0 Å². The molecule has 1 amide bonds. The molecule has 7 nitrogen and oxygen atoms in total. The van der Waals surface area contributed by atoms with Gasteiger partial charge in [0.2, 0.25) is 0 Å². The van der Waals surface area contributed by atoms with Gasteiger partial charge >= 0.3 is 0 Å². The number of benzene rings is 2. The second-order valence-corrected chi connectivity index (χ2v) is 4.81. The molecular weight excluding hydrogens is 292 g/mol. The predicted molar refractivity (Wildman–Crippen MR) is 85.3 cm³/mol. The molecule has 0 bridgehead atoms. The van der Waals surface area contributed by atoms with Gasteiger partial charge in [0.25, 0.3) is 5.91 Å². The minimum absolute atomic E-state index is 0.240. The fourth-order valence-electron chi connectivity index (χ4n) is 1.99. The van der Waals surface area contributed by atoms with E-state index in [0.29, 0.717) is 11.3 Å². The average Bonchev–Trinajstić information content (AvgIpc) is 3.15. The molecule has 0 aliphatic rings. The number of nitrogens with one attached hydrogen (secondary N) is 1. The molecule has 1 N–H and O–H groups in total. The molecule has 1 heterocycles. The van der Waals surface area contributed by atoms with E-state index in [2.05, 4.69) is 26.1 Å². The average molecular weight is 306 g/mol. The van der Waals surface area contributed by atoms with E-state index in [1.165, 1.54) is 6.33 Å². The smallest absolute Gasteiger partial charge is 0.267 e. The van der Waals surface area contributed by atoms with Crippen molar-refractivity contribution in [1.29, 1.82) is 0 Å². The van der Waals surface area contributed by atoms with E-state index >= 15 is 0 Å². The standard InChI is InChI=1S/C16H14N6O/c1-12(18-19-16(23)14-5-3-2-4-6-14)13-7-9-15(10-8-13)22-11-17-20-21-22/h2-11H,1H3,(H,19,23)/b18-12+. The molecule has 114 valence electrons. The van der Waals surface area contributed by atoms with Gasteiger partial charge in [-0.3, -0.25) is 4.79 Å². The summed E-state index contributed by atoms with van der Waals surface area (Å²) >= 11 is 0. The lowest BCUT2D eigenvalue weighted by Crippen LogP contribution is -2.19. The van der Waals surface area contributed by atoms with E-state index in [9.17, 15) is 4.79 Å². The number of tetrazole rings is 1. The summed E-state index contributed by atoms with van der Waals surface area (Å²) in [5.74, 6) is -0.240. The molecule has 0 saturated heterocycles. The van der Waals surface area contributed by atoms with Crippen LogP contribution in [0.15, 0.2) is 66.0 Å². The van der Waals surface area contributed by atoms with Gasteiger partial charge in [-0.05, 0) is 47.2 Å². The van der Waals surface area contributed by atoms with Crippen molar-refractivity contribution in [1.82, 2.24) is 25.6 Å². The summed E-state index contributed by atoms with van der Waals surface area (Å²) in [7, 11) is 0. The Bertz CT molecular complexity index is 810. The van der Waals surface area contributed by atoms with E-state index in [1.807, 2.05) is 49.4 Å². The zero-order valence-corrected chi connectivity index (χ0v) is 12.4. The molecule has 0 unspecified atom stereocenters. The Morgan fingerprint density at radius 3 is 2.43 bits per heavy atom. The predicted octanol–water partition coefficient (Wildman–Crippen LogP) is 1.82. The molecule has 0 saturated carbocycles. The van der Waals surface area contributed by atoms with Crippen LogP contribution >= 0.6 is 0 Å². The molecule has 7 heteroatoms. The van der Waals surface area contributed by atoms with Gasteiger partial charge in [-0.2, -0.15) is 5.10 Å². The lowest BCUT2D eigenvalue weighted by Gasteiger charge is -2.04. The summed E-state index contributed by atoms with van der Waals surface area (Å²) in [6.07, 6.45) is 1.52. The lowest BCUT2D eigenvalue weighted by atomic mass is 10.1. The highest BCUT2D eigenvalue weighted by Crippen LogP contribution is 2.08. The number of rotatable bonds is 4. The monoisotopic (exact) mass is 306 g/mol. The van der Waals surface area contributed by atoms with Gasteiger partial charge in [0, 0.05) is 5.56 Å². The first-order valence-corrected chi connectivity index (χ1v) is 6.97. The summed E-state index contributed by atoms with van der Waals surface area (Å²) in [6, 6.07) is 16.5. The van der Waals surface area contributed by atoms with Crippen LogP contribution in [0.1, 0.15) is 22.8 Å².